The molecule has 1 aliphatic heterocycles. The molecule has 2 aromatic rings. The Morgan fingerprint density at radius 3 is 2.76 bits per heavy atom. The zero-order valence-corrected chi connectivity index (χ0v) is 17.3. The van der Waals surface area contributed by atoms with Crippen molar-refractivity contribution in [2.75, 3.05) is 11.1 Å². The maximum Gasteiger partial charge on any atom is 0.344 e. The van der Waals surface area contributed by atoms with Crippen molar-refractivity contribution in [2.24, 2.45) is 0 Å². The van der Waals surface area contributed by atoms with Gasteiger partial charge >= 0.3 is 6.03 Å². The summed E-state index contributed by atoms with van der Waals surface area (Å²) in [6.45, 7) is 1.81. The maximum absolute atomic E-state index is 13.0. The standard InChI is InChI=1S/C18H20N6O3S2/c1-2-18(11-6-4-3-5-7-11)14(26)24(16(27)20-18)23-13(25)10-28-17-22-21-15(29-17)19-12-8-9-12/h3-7,12H,2,8-10H2,1H3,(H,19,21)(H,20,27)(H,23,25)/t18-/m0/s1. The minimum Gasteiger partial charge on any atom is -0.357 e. The summed E-state index contributed by atoms with van der Waals surface area (Å²) in [4.78, 5) is 37.7. The third-order valence-electron chi connectivity index (χ3n) is 4.76. The Morgan fingerprint density at radius 2 is 2.07 bits per heavy atom. The van der Waals surface area contributed by atoms with Crippen LogP contribution in [0.4, 0.5) is 9.93 Å². The van der Waals surface area contributed by atoms with E-state index in [1.807, 2.05) is 13.0 Å². The molecule has 1 saturated carbocycles. The third kappa shape index (κ3) is 4.06. The molecule has 1 saturated heterocycles. The van der Waals surface area contributed by atoms with Crippen molar-refractivity contribution < 1.29 is 14.4 Å². The van der Waals surface area contributed by atoms with Gasteiger partial charge in [-0.05, 0) is 24.8 Å². The quantitative estimate of drug-likeness (QED) is 0.432. The van der Waals surface area contributed by atoms with Crippen LogP contribution in [0, 0.1) is 0 Å². The van der Waals surface area contributed by atoms with Crippen molar-refractivity contribution >= 4 is 46.1 Å². The fraction of sp³-hybridized carbons (Fsp3) is 0.389. The Hall–Kier alpha value is -2.66. The molecule has 2 fully saturated rings. The van der Waals surface area contributed by atoms with Crippen molar-refractivity contribution in [3.63, 3.8) is 0 Å². The molecule has 11 heteroatoms. The van der Waals surface area contributed by atoms with Gasteiger partial charge in [-0.25, -0.2) is 4.79 Å². The van der Waals surface area contributed by atoms with Crippen LogP contribution in [0.3, 0.4) is 0 Å². The molecule has 0 bridgehead atoms. The minimum atomic E-state index is -1.18. The molecular weight excluding hydrogens is 412 g/mol. The van der Waals surface area contributed by atoms with Crippen LogP contribution in [0.25, 0.3) is 0 Å². The van der Waals surface area contributed by atoms with Crippen molar-refractivity contribution in [1.29, 1.82) is 0 Å². The Kier molecular flexibility index (Phi) is 5.41. The number of imide groups is 1. The van der Waals surface area contributed by atoms with Crippen molar-refractivity contribution in [3.05, 3.63) is 35.9 Å². The summed E-state index contributed by atoms with van der Waals surface area (Å²) in [5.74, 6) is -0.952. The van der Waals surface area contributed by atoms with E-state index in [2.05, 4.69) is 26.3 Å². The lowest BCUT2D eigenvalue weighted by Gasteiger charge is -2.25. The molecular formula is C18H20N6O3S2. The molecule has 4 amide bonds. The molecule has 4 rings (SSSR count). The van der Waals surface area contributed by atoms with E-state index < -0.39 is 23.4 Å². The topological polar surface area (TPSA) is 116 Å². The van der Waals surface area contributed by atoms with Crippen molar-refractivity contribution in [3.8, 4) is 0 Å². The first-order valence-corrected chi connectivity index (χ1v) is 11.1. The summed E-state index contributed by atoms with van der Waals surface area (Å²) < 4.78 is 0.646. The van der Waals surface area contributed by atoms with E-state index in [9.17, 15) is 14.4 Å². The van der Waals surface area contributed by atoms with Crippen molar-refractivity contribution in [1.82, 2.24) is 25.9 Å². The number of urea groups is 1. The number of carbonyl (C=O) groups excluding carboxylic acids is 3. The number of benzene rings is 1. The normalized spacial score (nSPS) is 21.2. The fourth-order valence-corrected chi connectivity index (χ4v) is 4.67. The molecule has 1 atom stereocenters. The zero-order valence-electron chi connectivity index (χ0n) is 15.7. The van der Waals surface area contributed by atoms with Gasteiger partial charge in [-0.15, -0.1) is 10.2 Å². The van der Waals surface area contributed by atoms with Crippen LogP contribution in [0.2, 0.25) is 0 Å². The first-order chi connectivity index (χ1) is 14.0. The average molecular weight is 433 g/mol. The van der Waals surface area contributed by atoms with Gasteiger partial charge in [0.05, 0.1) is 5.75 Å². The number of nitrogens with zero attached hydrogens (tertiary/aromatic N) is 3. The van der Waals surface area contributed by atoms with E-state index in [1.165, 1.54) is 23.1 Å². The second-order valence-electron chi connectivity index (χ2n) is 6.81. The molecule has 2 aliphatic rings. The predicted molar refractivity (Wildman–Crippen MR) is 109 cm³/mol. The summed E-state index contributed by atoms with van der Waals surface area (Å²) in [5, 5.41) is 15.6. The second kappa shape index (κ2) is 7.99. The summed E-state index contributed by atoms with van der Waals surface area (Å²) in [6, 6.07) is 8.84. The Balaban J connectivity index is 1.37. The first kappa shape index (κ1) is 19.6. The Morgan fingerprint density at radius 1 is 1.31 bits per heavy atom. The summed E-state index contributed by atoms with van der Waals surface area (Å²) >= 11 is 2.59. The zero-order chi connectivity index (χ0) is 20.4. The molecule has 3 N–H and O–H groups in total. The van der Waals surface area contributed by atoms with Gasteiger partial charge in [-0.3, -0.25) is 15.0 Å². The number of thioether (sulfide) groups is 1. The SMILES string of the molecule is CC[C@@]1(c2ccccc2)NC(=O)N(NC(=O)CSc2nnc(NC3CC3)s2)C1=O. The number of hydrogen-bond donors (Lipinski definition) is 3. The lowest BCUT2D eigenvalue weighted by Crippen LogP contribution is -2.49. The van der Waals surface area contributed by atoms with E-state index in [0.717, 1.165) is 23.0 Å². The van der Waals surface area contributed by atoms with E-state index in [1.54, 1.807) is 24.3 Å². The lowest BCUT2D eigenvalue weighted by molar-refractivity contribution is -0.138. The monoisotopic (exact) mass is 432 g/mol. The molecule has 1 aromatic heterocycles. The van der Waals surface area contributed by atoms with Crippen LogP contribution in [-0.2, 0) is 15.1 Å². The first-order valence-electron chi connectivity index (χ1n) is 9.26. The molecule has 1 aromatic carbocycles. The van der Waals surface area contributed by atoms with Crippen LogP contribution in [0.5, 0.6) is 0 Å². The van der Waals surface area contributed by atoms with Crippen LogP contribution < -0.4 is 16.1 Å². The predicted octanol–water partition coefficient (Wildman–Crippen LogP) is 2.09. The number of rotatable bonds is 8. The third-order valence-corrected chi connectivity index (χ3v) is 6.75. The van der Waals surface area contributed by atoms with E-state index in [-0.39, 0.29) is 5.75 Å². The molecule has 29 heavy (non-hydrogen) atoms. The number of carbonyl (C=O) groups is 3. The van der Waals surface area contributed by atoms with Crippen LogP contribution in [0.1, 0.15) is 31.7 Å². The Labute approximate surface area is 175 Å². The summed E-state index contributed by atoms with van der Waals surface area (Å²) in [7, 11) is 0. The van der Waals surface area contributed by atoms with E-state index in [0.29, 0.717) is 22.4 Å². The van der Waals surface area contributed by atoms with Gasteiger partial charge in [-0.1, -0.05) is 60.4 Å². The van der Waals surface area contributed by atoms with Crippen LogP contribution in [-0.4, -0.2) is 44.8 Å². The number of anilines is 1. The van der Waals surface area contributed by atoms with Gasteiger partial charge in [0.1, 0.15) is 5.54 Å². The molecule has 0 radical (unpaired) electrons. The summed E-state index contributed by atoms with van der Waals surface area (Å²) in [6.07, 6.45) is 2.64. The van der Waals surface area contributed by atoms with Gasteiger partial charge in [0.25, 0.3) is 5.91 Å². The highest BCUT2D eigenvalue weighted by molar-refractivity contribution is 8.01. The fourth-order valence-electron chi connectivity index (χ4n) is 3.05. The van der Waals surface area contributed by atoms with Crippen LogP contribution >= 0.6 is 23.1 Å². The van der Waals surface area contributed by atoms with Gasteiger partial charge in [0.15, 0.2) is 4.34 Å². The molecule has 9 nitrogen and oxygen atoms in total. The van der Waals surface area contributed by atoms with Crippen LogP contribution in [0.15, 0.2) is 34.7 Å². The smallest absolute Gasteiger partial charge is 0.344 e. The highest BCUT2D eigenvalue weighted by Crippen LogP contribution is 2.32. The minimum absolute atomic E-state index is 0.0135. The van der Waals surface area contributed by atoms with Gasteiger partial charge in [0, 0.05) is 6.04 Å². The number of aromatic nitrogens is 2. The summed E-state index contributed by atoms with van der Waals surface area (Å²) in [5.41, 5.74) is 1.91. The number of hydrazine groups is 1. The van der Waals surface area contributed by atoms with Crippen molar-refractivity contribution in [2.45, 2.75) is 42.1 Å². The highest BCUT2D eigenvalue weighted by atomic mass is 32.2. The van der Waals surface area contributed by atoms with Gasteiger partial charge in [-0.2, -0.15) is 5.01 Å². The average Bonchev–Trinajstić information content (AvgIpc) is 3.38. The van der Waals surface area contributed by atoms with Gasteiger partial charge in [0.2, 0.25) is 11.0 Å². The highest BCUT2D eigenvalue weighted by Gasteiger charge is 2.52. The molecule has 0 spiro atoms. The van der Waals surface area contributed by atoms with E-state index >= 15 is 0 Å². The van der Waals surface area contributed by atoms with E-state index in [4.69, 9.17) is 0 Å². The molecule has 2 heterocycles. The maximum atomic E-state index is 13.0. The Bertz CT molecular complexity index is 933. The lowest BCUT2D eigenvalue weighted by atomic mass is 9.87. The number of hydrogen-bond acceptors (Lipinski definition) is 8. The number of nitrogens with one attached hydrogen (secondary N) is 3. The largest absolute Gasteiger partial charge is 0.357 e. The number of amides is 4. The molecule has 1 aliphatic carbocycles. The molecule has 0 unspecified atom stereocenters. The second-order valence-corrected chi connectivity index (χ2v) is 9.01. The molecule has 152 valence electrons. The van der Waals surface area contributed by atoms with Gasteiger partial charge < -0.3 is 10.6 Å².